The number of carbonyl (C=O) groups excluding carboxylic acids is 1. The highest BCUT2D eigenvalue weighted by molar-refractivity contribution is 7.15. The smallest absolute Gasteiger partial charge is 0.266 e. The number of hydrogen-bond donors (Lipinski definition) is 1. The lowest BCUT2D eigenvalue weighted by Gasteiger charge is -2.13. The Morgan fingerprint density at radius 1 is 1.35 bits per heavy atom. The van der Waals surface area contributed by atoms with E-state index in [4.69, 9.17) is 4.74 Å². The summed E-state index contributed by atoms with van der Waals surface area (Å²) in [5.41, 5.74) is 0. The van der Waals surface area contributed by atoms with Gasteiger partial charge in [-0.2, -0.15) is 0 Å². The number of nitrogens with zero attached hydrogens (tertiary/aromatic N) is 2. The fraction of sp³-hybridized carbons (Fsp3) is 0.357. The number of carbonyl (C=O) groups is 1. The molecule has 2 aromatic rings. The number of benzene rings is 1. The van der Waals surface area contributed by atoms with Gasteiger partial charge in [0.15, 0.2) is 6.10 Å². The molecule has 0 radical (unpaired) electrons. The number of ether oxygens (including phenoxy) is 1. The van der Waals surface area contributed by atoms with Crippen LogP contribution in [0.4, 0.5) is 5.13 Å². The first kappa shape index (κ1) is 14.5. The van der Waals surface area contributed by atoms with Gasteiger partial charge in [0.25, 0.3) is 5.91 Å². The fourth-order valence-electron chi connectivity index (χ4n) is 1.58. The number of hydrogen-bond acceptors (Lipinski definition) is 5. The Morgan fingerprint density at radius 2 is 2.10 bits per heavy atom. The Kier molecular flexibility index (Phi) is 5.06. The van der Waals surface area contributed by atoms with E-state index in [1.165, 1.54) is 11.3 Å². The number of rotatable bonds is 6. The molecule has 0 spiro atoms. The van der Waals surface area contributed by atoms with Crippen molar-refractivity contribution in [1.29, 1.82) is 0 Å². The lowest BCUT2D eigenvalue weighted by molar-refractivity contribution is -0.122. The van der Waals surface area contributed by atoms with Crippen LogP contribution in [-0.4, -0.2) is 22.2 Å². The highest BCUT2D eigenvalue weighted by Crippen LogP contribution is 2.17. The van der Waals surface area contributed by atoms with Crippen LogP contribution in [0.2, 0.25) is 0 Å². The van der Waals surface area contributed by atoms with Crippen LogP contribution >= 0.6 is 11.3 Å². The minimum absolute atomic E-state index is 0.229. The van der Waals surface area contributed by atoms with Gasteiger partial charge in [0.1, 0.15) is 10.8 Å². The molecule has 6 heteroatoms. The molecular formula is C14H17N3O2S. The quantitative estimate of drug-likeness (QED) is 0.889. The van der Waals surface area contributed by atoms with E-state index < -0.39 is 6.10 Å². The molecule has 2 rings (SSSR count). The largest absolute Gasteiger partial charge is 0.481 e. The predicted molar refractivity (Wildman–Crippen MR) is 79.1 cm³/mol. The summed E-state index contributed by atoms with van der Waals surface area (Å²) in [6.45, 7) is 3.78. The van der Waals surface area contributed by atoms with Crippen molar-refractivity contribution in [2.75, 3.05) is 5.32 Å². The average molecular weight is 291 g/mol. The monoisotopic (exact) mass is 291 g/mol. The van der Waals surface area contributed by atoms with Gasteiger partial charge in [-0.25, -0.2) is 0 Å². The summed E-state index contributed by atoms with van der Waals surface area (Å²) in [4.78, 5) is 12.0. The predicted octanol–water partition coefficient (Wildman–Crippen LogP) is 2.90. The minimum Gasteiger partial charge on any atom is -0.481 e. The van der Waals surface area contributed by atoms with Gasteiger partial charge in [0.2, 0.25) is 5.13 Å². The van der Waals surface area contributed by atoms with Crippen LogP contribution in [-0.2, 0) is 11.2 Å². The molecular weight excluding hydrogens is 274 g/mol. The molecule has 0 saturated carbocycles. The first-order valence-corrected chi connectivity index (χ1v) is 7.35. The van der Waals surface area contributed by atoms with E-state index in [9.17, 15) is 4.79 Å². The van der Waals surface area contributed by atoms with Crippen LogP contribution in [0.1, 0.15) is 25.3 Å². The molecule has 0 fully saturated rings. The van der Waals surface area contributed by atoms with E-state index in [0.717, 1.165) is 17.8 Å². The second kappa shape index (κ2) is 7.00. The van der Waals surface area contributed by atoms with Crippen LogP contribution in [0.25, 0.3) is 0 Å². The van der Waals surface area contributed by atoms with Crippen LogP contribution < -0.4 is 10.1 Å². The van der Waals surface area contributed by atoms with Gasteiger partial charge in [-0.3, -0.25) is 10.1 Å². The number of anilines is 1. The normalized spacial score (nSPS) is 11.9. The number of para-hydroxylation sites is 1. The van der Waals surface area contributed by atoms with Crippen molar-refractivity contribution in [2.24, 2.45) is 0 Å². The van der Waals surface area contributed by atoms with Crippen molar-refractivity contribution < 1.29 is 9.53 Å². The summed E-state index contributed by atoms with van der Waals surface area (Å²) in [7, 11) is 0. The molecule has 1 unspecified atom stereocenters. The Bertz CT molecular complexity index is 557. The molecule has 20 heavy (non-hydrogen) atoms. The van der Waals surface area contributed by atoms with Crippen molar-refractivity contribution in [2.45, 2.75) is 32.8 Å². The maximum atomic E-state index is 12.0. The van der Waals surface area contributed by atoms with E-state index in [-0.39, 0.29) is 5.91 Å². The fourth-order valence-corrected chi connectivity index (χ4v) is 2.43. The molecule has 1 aromatic carbocycles. The van der Waals surface area contributed by atoms with Crippen molar-refractivity contribution in [3.8, 4) is 5.75 Å². The number of aryl methyl sites for hydroxylation is 1. The lowest BCUT2D eigenvalue weighted by atomic mass is 10.3. The third-order valence-corrected chi connectivity index (χ3v) is 3.48. The maximum Gasteiger partial charge on any atom is 0.266 e. The number of nitrogens with one attached hydrogen (secondary N) is 1. The van der Waals surface area contributed by atoms with Gasteiger partial charge >= 0.3 is 0 Å². The third-order valence-electron chi connectivity index (χ3n) is 2.59. The summed E-state index contributed by atoms with van der Waals surface area (Å²) in [6.07, 6.45) is 1.30. The van der Waals surface area contributed by atoms with Crippen LogP contribution in [0, 0.1) is 0 Å². The first-order valence-electron chi connectivity index (χ1n) is 6.54. The molecule has 1 amide bonds. The Labute approximate surface area is 122 Å². The minimum atomic E-state index is -0.587. The highest BCUT2D eigenvalue weighted by atomic mass is 32.1. The molecule has 0 saturated heterocycles. The van der Waals surface area contributed by atoms with Gasteiger partial charge in [0, 0.05) is 6.42 Å². The van der Waals surface area contributed by atoms with E-state index in [1.54, 1.807) is 6.92 Å². The van der Waals surface area contributed by atoms with Crippen molar-refractivity contribution in [3.63, 3.8) is 0 Å². The summed E-state index contributed by atoms with van der Waals surface area (Å²) < 4.78 is 5.55. The lowest BCUT2D eigenvalue weighted by Crippen LogP contribution is -2.30. The summed E-state index contributed by atoms with van der Waals surface area (Å²) in [5, 5.41) is 12.1. The second-order valence-electron chi connectivity index (χ2n) is 4.31. The maximum absolute atomic E-state index is 12.0. The summed E-state index contributed by atoms with van der Waals surface area (Å²) in [6, 6.07) is 9.25. The topological polar surface area (TPSA) is 64.1 Å². The van der Waals surface area contributed by atoms with Crippen molar-refractivity contribution in [1.82, 2.24) is 10.2 Å². The van der Waals surface area contributed by atoms with Crippen LogP contribution in [0.15, 0.2) is 30.3 Å². The van der Waals surface area contributed by atoms with E-state index in [2.05, 4.69) is 22.4 Å². The van der Waals surface area contributed by atoms with E-state index in [1.807, 2.05) is 30.3 Å². The highest BCUT2D eigenvalue weighted by Gasteiger charge is 2.16. The zero-order valence-electron chi connectivity index (χ0n) is 11.5. The molecule has 1 N–H and O–H groups in total. The average Bonchev–Trinajstić information content (AvgIpc) is 2.87. The summed E-state index contributed by atoms with van der Waals surface area (Å²) >= 11 is 1.40. The molecule has 106 valence electrons. The molecule has 1 aromatic heterocycles. The van der Waals surface area contributed by atoms with Gasteiger partial charge in [0.05, 0.1) is 0 Å². The van der Waals surface area contributed by atoms with Crippen LogP contribution in [0.3, 0.4) is 0 Å². The van der Waals surface area contributed by atoms with Crippen LogP contribution in [0.5, 0.6) is 5.75 Å². The van der Waals surface area contributed by atoms with E-state index in [0.29, 0.717) is 10.9 Å². The molecule has 1 atom stereocenters. The number of aromatic nitrogens is 2. The molecule has 1 heterocycles. The zero-order valence-corrected chi connectivity index (χ0v) is 12.3. The molecule has 5 nitrogen and oxygen atoms in total. The van der Waals surface area contributed by atoms with Gasteiger partial charge in [-0.15, -0.1) is 10.2 Å². The molecule has 0 aliphatic rings. The first-order chi connectivity index (χ1) is 9.69. The van der Waals surface area contributed by atoms with Crippen molar-refractivity contribution >= 4 is 22.4 Å². The van der Waals surface area contributed by atoms with Gasteiger partial charge < -0.3 is 4.74 Å². The summed E-state index contributed by atoms with van der Waals surface area (Å²) in [5.74, 6) is 0.437. The molecule has 0 aliphatic carbocycles. The second-order valence-corrected chi connectivity index (χ2v) is 5.38. The molecule has 0 bridgehead atoms. The van der Waals surface area contributed by atoms with Gasteiger partial charge in [-0.1, -0.05) is 36.5 Å². The van der Waals surface area contributed by atoms with Crippen molar-refractivity contribution in [3.05, 3.63) is 35.3 Å². The Hall–Kier alpha value is -1.95. The van der Waals surface area contributed by atoms with E-state index >= 15 is 0 Å². The SMILES string of the molecule is CCCc1nnc(NC(=O)C(C)Oc2ccccc2)s1. The van der Waals surface area contributed by atoms with Gasteiger partial charge in [-0.05, 0) is 25.5 Å². The standard InChI is InChI=1S/C14H17N3O2S/c1-3-7-12-16-17-14(20-12)15-13(18)10(2)19-11-8-5-4-6-9-11/h4-6,8-10H,3,7H2,1-2H3,(H,15,17,18). The molecule has 0 aliphatic heterocycles. The zero-order chi connectivity index (χ0) is 14.4. The third kappa shape index (κ3) is 4.03. The number of amides is 1. The Balaban J connectivity index is 1.90. The Morgan fingerprint density at radius 3 is 2.80 bits per heavy atom.